The first-order chi connectivity index (χ1) is 11.6. The van der Waals surface area contributed by atoms with Crippen LogP contribution in [0.15, 0.2) is 53.4 Å². The van der Waals surface area contributed by atoms with Crippen molar-refractivity contribution in [2.45, 2.75) is 11.1 Å². The Bertz CT molecular complexity index is 882. The Morgan fingerprint density at radius 3 is 2.24 bits per heavy atom. The summed E-state index contributed by atoms with van der Waals surface area (Å²) in [5.74, 6) is -2.13. The van der Waals surface area contributed by atoms with Crippen LogP contribution >= 0.6 is 0 Å². The minimum atomic E-state index is -4.61. The Hall–Kier alpha value is -2.62. The van der Waals surface area contributed by atoms with E-state index in [4.69, 9.17) is 0 Å². The highest BCUT2D eigenvalue weighted by Crippen LogP contribution is 2.22. The minimum Gasteiger partial charge on any atom is -0.343 e. The third-order valence-electron chi connectivity index (χ3n) is 2.99. The number of amides is 1. The van der Waals surface area contributed by atoms with Crippen LogP contribution in [-0.2, 0) is 10.0 Å². The van der Waals surface area contributed by atoms with Gasteiger partial charge in [-0.3, -0.25) is 9.52 Å². The molecule has 0 unspecified atom stereocenters. The Labute approximate surface area is 140 Å². The van der Waals surface area contributed by atoms with E-state index >= 15 is 0 Å². The molecule has 0 saturated heterocycles. The summed E-state index contributed by atoms with van der Waals surface area (Å²) in [6, 6.07) is 9.61. The van der Waals surface area contributed by atoms with Crippen molar-refractivity contribution in [2.24, 2.45) is 0 Å². The standard InChI is InChI=1S/C15H12F4N2O3S/c16-11-6-2-4-8-13(11)25(23,24)21-12-7-3-1-5-10(12)14(22)20-9-15(17,18)19/h1-8,21H,9H2,(H,20,22). The van der Waals surface area contributed by atoms with Crippen molar-refractivity contribution in [1.82, 2.24) is 5.32 Å². The van der Waals surface area contributed by atoms with Gasteiger partial charge in [-0.15, -0.1) is 0 Å². The van der Waals surface area contributed by atoms with E-state index in [9.17, 15) is 30.8 Å². The second-order valence-electron chi connectivity index (χ2n) is 4.88. The van der Waals surface area contributed by atoms with Gasteiger partial charge in [-0.25, -0.2) is 12.8 Å². The second kappa shape index (κ2) is 7.09. The van der Waals surface area contributed by atoms with Crippen molar-refractivity contribution in [2.75, 3.05) is 11.3 Å². The quantitative estimate of drug-likeness (QED) is 0.788. The SMILES string of the molecule is O=C(NCC(F)(F)F)c1ccccc1NS(=O)(=O)c1ccccc1F. The summed E-state index contributed by atoms with van der Waals surface area (Å²) in [6.07, 6.45) is -4.61. The molecule has 0 radical (unpaired) electrons. The summed E-state index contributed by atoms with van der Waals surface area (Å²) >= 11 is 0. The van der Waals surface area contributed by atoms with E-state index < -0.39 is 39.4 Å². The number of hydrogen-bond donors (Lipinski definition) is 2. The summed E-state index contributed by atoms with van der Waals surface area (Å²) in [5, 5.41) is 1.64. The Balaban J connectivity index is 2.29. The fourth-order valence-electron chi connectivity index (χ4n) is 1.91. The maximum absolute atomic E-state index is 13.7. The fraction of sp³-hybridized carbons (Fsp3) is 0.133. The summed E-state index contributed by atoms with van der Waals surface area (Å²) in [6.45, 7) is -1.57. The lowest BCUT2D eigenvalue weighted by molar-refractivity contribution is -0.123. The molecule has 5 nitrogen and oxygen atoms in total. The first-order valence-corrected chi connectivity index (χ1v) is 8.30. The number of halogens is 4. The first-order valence-electron chi connectivity index (χ1n) is 6.81. The molecule has 0 atom stereocenters. The summed E-state index contributed by atoms with van der Waals surface area (Å²) in [7, 11) is -4.37. The molecular weight excluding hydrogens is 364 g/mol. The molecule has 134 valence electrons. The normalized spacial score (nSPS) is 11.8. The van der Waals surface area contributed by atoms with Crippen molar-refractivity contribution in [3.63, 3.8) is 0 Å². The molecule has 0 bridgehead atoms. The number of carbonyl (C=O) groups is 1. The number of benzene rings is 2. The van der Waals surface area contributed by atoms with E-state index in [1.165, 1.54) is 30.3 Å². The van der Waals surface area contributed by atoms with Crippen molar-refractivity contribution < 1.29 is 30.8 Å². The van der Waals surface area contributed by atoms with Crippen LogP contribution in [0.5, 0.6) is 0 Å². The first kappa shape index (κ1) is 18.7. The zero-order chi connectivity index (χ0) is 18.7. The fourth-order valence-corrected chi connectivity index (χ4v) is 3.07. The summed E-state index contributed by atoms with van der Waals surface area (Å²) < 4.78 is 76.8. The largest absolute Gasteiger partial charge is 0.405 e. The van der Waals surface area contributed by atoms with Crippen molar-refractivity contribution in [1.29, 1.82) is 0 Å². The monoisotopic (exact) mass is 376 g/mol. The Morgan fingerprint density at radius 2 is 1.60 bits per heavy atom. The lowest BCUT2D eigenvalue weighted by Gasteiger charge is -2.14. The highest BCUT2D eigenvalue weighted by Gasteiger charge is 2.28. The van der Waals surface area contributed by atoms with E-state index in [1.807, 2.05) is 4.72 Å². The molecule has 0 heterocycles. The average Bonchev–Trinajstić information content (AvgIpc) is 2.52. The van der Waals surface area contributed by atoms with Crippen LogP contribution in [0.1, 0.15) is 10.4 Å². The Kier molecular flexibility index (Phi) is 5.31. The highest BCUT2D eigenvalue weighted by atomic mass is 32.2. The smallest absolute Gasteiger partial charge is 0.343 e. The molecule has 10 heteroatoms. The van der Waals surface area contributed by atoms with Crippen LogP contribution in [0.4, 0.5) is 23.2 Å². The van der Waals surface area contributed by atoms with Gasteiger partial charge in [-0.05, 0) is 24.3 Å². The molecule has 0 aromatic heterocycles. The number of nitrogens with one attached hydrogen (secondary N) is 2. The van der Waals surface area contributed by atoms with E-state index in [-0.39, 0.29) is 11.3 Å². The van der Waals surface area contributed by atoms with Crippen molar-refractivity contribution in [3.05, 3.63) is 59.9 Å². The van der Waals surface area contributed by atoms with Gasteiger partial charge in [0.15, 0.2) is 0 Å². The van der Waals surface area contributed by atoms with Gasteiger partial charge < -0.3 is 5.32 Å². The summed E-state index contributed by atoms with van der Waals surface area (Å²) in [5.41, 5.74) is -0.600. The maximum atomic E-state index is 13.7. The van der Waals surface area contributed by atoms with E-state index in [2.05, 4.69) is 0 Å². The van der Waals surface area contributed by atoms with Crippen LogP contribution in [0.2, 0.25) is 0 Å². The number of carbonyl (C=O) groups excluding carboxylic acids is 1. The lowest BCUT2D eigenvalue weighted by atomic mass is 10.1. The third kappa shape index (κ3) is 4.92. The number of sulfonamides is 1. The molecule has 0 aliphatic heterocycles. The molecule has 0 aliphatic rings. The van der Waals surface area contributed by atoms with Crippen LogP contribution in [0.25, 0.3) is 0 Å². The number of rotatable bonds is 5. The molecule has 1 amide bonds. The van der Waals surface area contributed by atoms with E-state index in [1.54, 1.807) is 5.32 Å². The van der Waals surface area contributed by atoms with Gasteiger partial charge in [0.05, 0.1) is 11.3 Å². The minimum absolute atomic E-state index is 0.273. The molecule has 2 N–H and O–H groups in total. The summed E-state index contributed by atoms with van der Waals surface area (Å²) in [4.78, 5) is 11.2. The van der Waals surface area contributed by atoms with Crippen LogP contribution in [-0.4, -0.2) is 27.0 Å². The molecule has 25 heavy (non-hydrogen) atoms. The topological polar surface area (TPSA) is 75.3 Å². The predicted octanol–water partition coefficient (Wildman–Crippen LogP) is 2.92. The van der Waals surface area contributed by atoms with Crippen LogP contribution in [0, 0.1) is 5.82 Å². The number of alkyl halides is 3. The second-order valence-corrected chi connectivity index (χ2v) is 6.53. The Morgan fingerprint density at radius 1 is 1.00 bits per heavy atom. The van der Waals surface area contributed by atoms with Gasteiger partial charge in [0.1, 0.15) is 17.3 Å². The van der Waals surface area contributed by atoms with Crippen LogP contribution < -0.4 is 10.0 Å². The molecule has 2 aromatic rings. The van der Waals surface area contributed by atoms with Crippen molar-refractivity contribution >= 4 is 21.6 Å². The van der Waals surface area contributed by atoms with Gasteiger partial charge in [0.25, 0.3) is 15.9 Å². The molecule has 0 spiro atoms. The maximum Gasteiger partial charge on any atom is 0.405 e. The average molecular weight is 376 g/mol. The zero-order valence-electron chi connectivity index (χ0n) is 12.5. The number of anilines is 1. The molecule has 0 fully saturated rings. The van der Waals surface area contributed by atoms with Gasteiger partial charge in [0, 0.05) is 0 Å². The molecular formula is C15H12F4N2O3S. The molecule has 2 rings (SSSR count). The van der Waals surface area contributed by atoms with Gasteiger partial charge in [-0.2, -0.15) is 13.2 Å². The van der Waals surface area contributed by atoms with Crippen LogP contribution in [0.3, 0.4) is 0 Å². The molecule has 0 aliphatic carbocycles. The third-order valence-corrected chi connectivity index (χ3v) is 4.39. The molecule has 2 aromatic carbocycles. The number of hydrogen-bond acceptors (Lipinski definition) is 3. The van der Waals surface area contributed by atoms with E-state index in [0.717, 1.165) is 18.2 Å². The zero-order valence-corrected chi connectivity index (χ0v) is 13.3. The van der Waals surface area contributed by atoms with Crippen molar-refractivity contribution in [3.8, 4) is 0 Å². The highest BCUT2D eigenvalue weighted by molar-refractivity contribution is 7.92. The van der Waals surface area contributed by atoms with Gasteiger partial charge >= 0.3 is 6.18 Å². The van der Waals surface area contributed by atoms with Gasteiger partial charge in [-0.1, -0.05) is 24.3 Å². The molecule has 0 saturated carbocycles. The predicted molar refractivity (Wildman–Crippen MR) is 82.0 cm³/mol. The number of para-hydroxylation sites is 1. The lowest BCUT2D eigenvalue weighted by Crippen LogP contribution is -2.34. The van der Waals surface area contributed by atoms with Gasteiger partial charge in [0.2, 0.25) is 0 Å². The van der Waals surface area contributed by atoms with E-state index in [0.29, 0.717) is 0 Å².